The van der Waals surface area contributed by atoms with E-state index in [1.54, 1.807) is 0 Å². The molecule has 2 aliphatic rings. The van der Waals surface area contributed by atoms with Crippen molar-refractivity contribution < 1.29 is 4.74 Å². The Balaban J connectivity index is 1.29. The van der Waals surface area contributed by atoms with E-state index in [4.69, 9.17) is 10.5 Å². The summed E-state index contributed by atoms with van der Waals surface area (Å²) in [4.78, 5) is 11.6. The zero-order chi connectivity index (χ0) is 21.5. The summed E-state index contributed by atoms with van der Waals surface area (Å²) in [5, 5.41) is 3.32. The highest BCUT2D eigenvalue weighted by atomic mass is 16.5. The molecule has 0 aromatic carbocycles. The van der Waals surface area contributed by atoms with Gasteiger partial charge >= 0.3 is 0 Å². The molecule has 3 N–H and O–H groups in total. The van der Waals surface area contributed by atoms with E-state index in [1.165, 1.54) is 37.1 Å². The number of hydrogen-bond donors (Lipinski definition) is 2. The van der Waals surface area contributed by atoms with Crippen LogP contribution in [0.15, 0.2) is 42.9 Å². The Labute approximate surface area is 185 Å². The van der Waals surface area contributed by atoms with Crippen molar-refractivity contribution in [2.75, 3.05) is 31.1 Å². The summed E-state index contributed by atoms with van der Waals surface area (Å²) in [7, 11) is 0. The number of aromatic nitrogens is 2. The van der Waals surface area contributed by atoms with E-state index < -0.39 is 0 Å². The van der Waals surface area contributed by atoms with E-state index in [0.29, 0.717) is 11.6 Å². The first kappa shape index (κ1) is 21.6. The quantitative estimate of drug-likeness (QED) is 0.711. The molecule has 166 valence electrons. The molecule has 6 heteroatoms. The zero-order valence-corrected chi connectivity index (χ0v) is 18.6. The molecule has 2 saturated heterocycles. The van der Waals surface area contributed by atoms with Gasteiger partial charge in [0.1, 0.15) is 0 Å². The zero-order valence-electron chi connectivity index (χ0n) is 18.6. The lowest BCUT2D eigenvalue weighted by molar-refractivity contribution is 0.0188. The molecule has 31 heavy (non-hydrogen) atoms. The van der Waals surface area contributed by atoms with Gasteiger partial charge in [-0.3, -0.25) is 9.97 Å². The molecule has 1 unspecified atom stereocenters. The molecule has 0 aliphatic carbocycles. The number of rotatable bonds is 7. The van der Waals surface area contributed by atoms with Gasteiger partial charge in [0, 0.05) is 44.3 Å². The lowest BCUT2D eigenvalue weighted by Crippen LogP contribution is -2.34. The molecular weight excluding hydrogens is 386 g/mol. The van der Waals surface area contributed by atoms with Gasteiger partial charge in [-0.2, -0.15) is 0 Å². The average molecular weight is 422 g/mol. The standard InChI is InChI=1S/C25H35N5O/c1-19-14-22(30-11-8-20(9-12-30)15-21-6-2-4-10-28-21)16-29-25(19)24(26)18-27-17-23-7-3-5-13-31-23/h2,4,6,10,14,16,18,20,23,27H,3,5,7-9,11-13,15,17,26H2,1H3/b24-18-. The Bertz CT molecular complexity index is 855. The number of aryl methyl sites for hydroxylation is 1. The van der Waals surface area contributed by atoms with Crippen molar-refractivity contribution in [2.24, 2.45) is 11.7 Å². The number of nitrogens with two attached hydrogens (primary N) is 1. The summed E-state index contributed by atoms with van der Waals surface area (Å²) >= 11 is 0. The van der Waals surface area contributed by atoms with E-state index in [0.717, 1.165) is 50.3 Å². The minimum atomic E-state index is 0.287. The van der Waals surface area contributed by atoms with Gasteiger partial charge in [0.25, 0.3) is 0 Å². The van der Waals surface area contributed by atoms with Gasteiger partial charge in [-0.05, 0) is 75.1 Å². The molecule has 2 aromatic rings. The topological polar surface area (TPSA) is 76.3 Å². The van der Waals surface area contributed by atoms with E-state index >= 15 is 0 Å². The lowest BCUT2D eigenvalue weighted by atomic mass is 9.91. The maximum Gasteiger partial charge on any atom is 0.0904 e. The van der Waals surface area contributed by atoms with Crippen molar-refractivity contribution in [1.82, 2.24) is 15.3 Å². The number of ether oxygens (including phenoxy) is 1. The molecule has 4 rings (SSSR count). The van der Waals surface area contributed by atoms with E-state index in [2.05, 4.69) is 45.3 Å². The molecule has 0 radical (unpaired) electrons. The van der Waals surface area contributed by atoms with Crippen LogP contribution in [-0.4, -0.2) is 42.3 Å². The monoisotopic (exact) mass is 421 g/mol. The Morgan fingerprint density at radius 2 is 2.10 bits per heavy atom. The first-order valence-corrected chi connectivity index (χ1v) is 11.6. The number of hydrogen-bond acceptors (Lipinski definition) is 6. The smallest absolute Gasteiger partial charge is 0.0904 e. The lowest BCUT2D eigenvalue weighted by Gasteiger charge is -2.33. The summed E-state index contributed by atoms with van der Waals surface area (Å²) < 4.78 is 5.76. The predicted molar refractivity (Wildman–Crippen MR) is 126 cm³/mol. The minimum Gasteiger partial charge on any atom is -0.396 e. The molecule has 2 aromatic heterocycles. The Morgan fingerprint density at radius 3 is 2.81 bits per heavy atom. The van der Waals surface area contributed by atoms with Crippen LogP contribution < -0.4 is 16.0 Å². The van der Waals surface area contributed by atoms with E-state index in [-0.39, 0.29) is 6.10 Å². The Kier molecular flexibility index (Phi) is 7.41. The molecule has 2 fully saturated rings. The number of nitrogens with one attached hydrogen (secondary N) is 1. The maximum absolute atomic E-state index is 6.31. The fourth-order valence-corrected chi connectivity index (χ4v) is 4.58. The van der Waals surface area contributed by atoms with Crippen LogP contribution in [0.4, 0.5) is 5.69 Å². The van der Waals surface area contributed by atoms with Gasteiger partial charge in [-0.25, -0.2) is 0 Å². The van der Waals surface area contributed by atoms with Crippen LogP contribution in [0, 0.1) is 12.8 Å². The van der Waals surface area contributed by atoms with Crippen molar-refractivity contribution in [2.45, 2.75) is 51.6 Å². The van der Waals surface area contributed by atoms with Crippen LogP contribution in [0.3, 0.4) is 0 Å². The second kappa shape index (κ2) is 10.6. The highest BCUT2D eigenvalue weighted by Gasteiger charge is 2.21. The molecule has 6 nitrogen and oxygen atoms in total. The molecule has 0 amide bonds. The molecule has 0 spiro atoms. The summed E-state index contributed by atoms with van der Waals surface area (Å²) in [6, 6.07) is 8.40. The van der Waals surface area contributed by atoms with Crippen LogP contribution >= 0.6 is 0 Å². The minimum absolute atomic E-state index is 0.287. The van der Waals surface area contributed by atoms with Crippen molar-refractivity contribution in [1.29, 1.82) is 0 Å². The Hall–Kier alpha value is -2.60. The number of piperidine rings is 1. The van der Waals surface area contributed by atoms with Crippen LogP contribution in [0.2, 0.25) is 0 Å². The first-order chi connectivity index (χ1) is 15.2. The molecule has 2 aliphatic heterocycles. The fraction of sp³-hybridized carbons (Fsp3) is 0.520. The number of nitrogens with zero attached hydrogens (tertiary/aromatic N) is 3. The third-order valence-electron chi connectivity index (χ3n) is 6.42. The molecule has 4 heterocycles. The highest BCUT2D eigenvalue weighted by molar-refractivity contribution is 5.64. The van der Waals surface area contributed by atoms with Crippen molar-refractivity contribution in [3.8, 4) is 0 Å². The molecule has 1 atom stereocenters. The SMILES string of the molecule is Cc1cc(N2CCC(Cc3ccccn3)CC2)cnc1/C(N)=C/NCC1CCCCO1. The van der Waals surface area contributed by atoms with Crippen LogP contribution in [-0.2, 0) is 11.2 Å². The molecular formula is C25H35N5O. The van der Waals surface area contributed by atoms with Gasteiger partial charge in [-0.1, -0.05) is 6.07 Å². The third kappa shape index (κ3) is 5.97. The maximum atomic E-state index is 6.31. The average Bonchev–Trinajstić information content (AvgIpc) is 2.81. The van der Waals surface area contributed by atoms with Crippen molar-refractivity contribution in [3.05, 3.63) is 59.8 Å². The second-order valence-corrected chi connectivity index (χ2v) is 8.81. The van der Waals surface area contributed by atoms with Gasteiger partial charge in [0.15, 0.2) is 0 Å². The Morgan fingerprint density at radius 1 is 1.23 bits per heavy atom. The van der Waals surface area contributed by atoms with E-state index in [9.17, 15) is 0 Å². The largest absolute Gasteiger partial charge is 0.396 e. The molecule has 0 bridgehead atoms. The van der Waals surface area contributed by atoms with Gasteiger partial charge < -0.3 is 20.7 Å². The third-order valence-corrected chi connectivity index (χ3v) is 6.42. The van der Waals surface area contributed by atoms with Gasteiger partial charge in [-0.15, -0.1) is 0 Å². The van der Waals surface area contributed by atoms with Crippen LogP contribution in [0.25, 0.3) is 5.70 Å². The van der Waals surface area contributed by atoms with Crippen LogP contribution in [0.5, 0.6) is 0 Å². The summed E-state index contributed by atoms with van der Waals surface area (Å²) in [6.07, 6.45) is 13.0. The van der Waals surface area contributed by atoms with Crippen molar-refractivity contribution in [3.63, 3.8) is 0 Å². The summed E-state index contributed by atoms with van der Waals surface area (Å²) in [6.45, 7) is 5.88. The van der Waals surface area contributed by atoms with Gasteiger partial charge in [0.05, 0.1) is 29.4 Å². The first-order valence-electron chi connectivity index (χ1n) is 11.6. The number of anilines is 1. The summed E-state index contributed by atoms with van der Waals surface area (Å²) in [5.41, 5.74) is 11.3. The summed E-state index contributed by atoms with van der Waals surface area (Å²) in [5.74, 6) is 0.706. The predicted octanol–water partition coefficient (Wildman–Crippen LogP) is 3.66. The van der Waals surface area contributed by atoms with Crippen molar-refractivity contribution >= 4 is 11.4 Å². The highest BCUT2D eigenvalue weighted by Crippen LogP contribution is 2.26. The fourth-order valence-electron chi connectivity index (χ4n) is 4.58. The van der Waals surface area contributed by atoms with Gasteiger partial charge in [0.2, 0.25) is 0 Å². The number of pyridine rings is 2. The van der Waals surface area contributed by atoms with E-state index in [1.807, 2.05) is 24.7 Å². The van der Waals surface area contributed by atoms with Crippen LogP contribution in [0.1, 0.15) is 49.1 Å². The second-order valence-electron chi connectivity index (χ2n) is 8.81. The molecule has 0 saturated carbocycles. The normalized spacial score (nSPS) is 20.6.